The standard InChI is InChI=1S/C12H21N5O/c1-12(2,3)17-10(18)6-8-14-9-5-7-15-11(13-4)16-9/h5,7H,6,8H2,1-4H3,(H,17,18)(H2,13,14,15,16). The highest BCUT2D eigenvalue weighted by molar-refractivity contribution is 5.77. The molecule has 1 aromatic rings. The monoisotopic (exact) mass is 251 g/mol. The van der Waals surface area contributed by atoms with Gasteiger partial charge in [0.05, 0.1) is 0 Å². The number of nitrogens with one attached hydrogen (secondary N) is 3. The molecular formula is C12H21N5O. The Hall–Kier alpha value is -1.85. The molecule has 6 nitrogen and oxygen atoms in total. The van der Waals surface area contributed by atoms with Crippen LogP contribution >= 0.6 is 0 Å². The molecule has 18 heavy (non-hydrogen) atoms. The molecule has 0 spiro atoms. The molecule has 1 heterocycles. The van der Waals surface area contributed by atoms with E-state index < -0.39 is 0 Å². The largest absolute Gasteiger partial charge is 0.369 e. The van der Waals surface area contributed by atoms with E-state index in [0.29, 0.717) is 24.7 Å². The van der Waals surface area contributed by atoms with Crippen LogP contribution in [-0.4, -0.2) is 35.0 Å². The van der Waals surface area contributed by atoms with Gasteiger partial charge in [-0.05, 0) is 26.8 Å². The van der Waals surface area contributed by atoms with Gasteiger partial charge in [-0.2, -0.15) is 4.98 Å². The molecule has 0 saturated heterocycles. The van der Waals surface area contributed by atoms with E-state index in [-0.39, 0.29) is 11.4 Å². The van der Waals surface area contributed by atoms with Gasteiger partial charge in [-0.3, -0.25) is 4.79 Å². The van der Waals surface area contributed by atoms with Crippen LogP contribution in [0.5, 0.6) is 0 Å². The predicted octanol–water partition coefficient (Wildman–Crippen LogP) is 1.23. The van der Waals surface area contributed by atoms with E-state index in [0.717, 1.165) is 0 Å². The summed E-state index contributed by atoms with van der Waals surface area (Å²) in [6.07, 6.45) is 2.08. The Bertz CT molecular complexity index is 400. The number of carbonyl (C=O) groups excluding carboxylic acids is 1. The molecule has 6 heteroatoms. The second-order valence-electron chi connectivity index (χ2n) is 4.99. The smallest absolute Gasteiger partial charge is 0.224 e. The van der Waals surface area contributed by atoms with Gasteiger partial charge in [-0.25, -0.2) is 4.98 Å². The second-order valence-corrected chi connectivity index (χ2v) is 4.99. The van der Waals surface area contributed by atoms with Crippen LogP contribution < -0.4 is 16.0 Å². The molecule has 0 aromatic carbocycles. The number of amides is 1. The SMILES string of the molecule is CNc1nccc(NCCC(=O)NC(C)(C)C)n1. The number of hydrogen-bond acceptors (Lipinski definition) is 5. The van der Waals surface area contributed by atoms with Crippen LogP contribution in [0.15, 0.2) is 12.3 Å². The highest BCUT2D eigenvalue weighted by Crippen LogP contribution is 2.05. The van der Waals surface area contributed by atoms with Gasteiger partial charge >= 0.3 is 0 Å². The lowest BCUT2D eigenvalue weighted by Crippen LogP contribution is -2.41. The molecular weight excluding hydrogens is 230 g/mol. The maximum absolute atomic E-state index is 11.6. The number of hydrogen-bond donors (Lipinski definition) is 3. The summed E-state index contributed by atoms with van der Waals surface area (Å²) in [4.78, 5) is 19.8. The minimum Gasteiger partial charge on any atom is -0.369 e. The summed E-state index contributed by atoms with van der Waals surface area (Å²) in [5, 5.41) is 8.84. The van der Waals surface area contributed by atoms with Crippen molar-refractivity contribution in [2.45, 2.75) is 32.7 Å². The quantitative estimate of drug-likeness (QED) is 0.733. The number of aromatic nitrogens is 2. The first-order valence-corrected chi connectivity index (χ1v) is 5.96. The first-order valence-electron chi connectivity index (χ1n) is 5.96. The first kappa shape index (κ1) is 14.2. The third-order valence-corrected chi connectivity index (χ3v) is 2.05. The molecule has 0 unspecified atom stereocenters. The van der Waals surface area contributed by atoms with Crippen molar-refractivity contribution >= 4 is 17.7 Å². The predicted molar refractivity (Wildman–Crippen MR) is 72.6 cm³/mol. The lowest BCUT2D eigenvalue weighted by Gasteiger charge is -2.20. The van der Waals surface area contributed by atoms with Crippen LogP contribution in [0.1, 0.15) is 27.2 Å². The molecule has 0 bridgehead atoms. The van der Waals surface area contributed by atoms with E-state index in [4.69, 9.17) is 0 Å². The van der Waals surface area contributed by atoms with Crippen LogP contribution in [-0.2, 0) is 4.79 Å². The highest BCUT2D eigenvalue weighted by Gasteiger charge is 2.12. The molecule has 3 N–H and O–H groups in total. The zero-order valence-corrected chi connectivity index (χ0v) is 11.4. The van der Waals surface area contributed by atoms with Crippen LogP contribution in [0.2, 0.25) is 0 Å². The van der Waals surface area contributed by atoms with Crippen LogP contribution in [0.3, 0.4) is 0 Å². The van der Waals surface area contributed by atoms with E-state index in [1.807, 2.05) is 20.8 Å². The van der Waals surface area contributed by atoms with Gasteiger partial charge in [0.2, 0.25) is 11.9 Å². The molecule has 1 amide bonds. The van der Waals surface area contributed by atoms with Crippen molar-refractivity contribution in [2.24, 2.45) is 0 Å². The fourth-order valence-electron chi connectivity index (χ4n) is 1.36. The molecule has 0 saturated carbocycles. The van der Waals surface area contributed by atoms with Crippen molar-refractivity contribution in [2.75, 3.05) is 24.2 Å². The molecule has 0 aliphatic rings. The minimum atomic E-state index is -0.189. The minimum absolute atomic E-state index is 0.0258. The summed E-state index contributed by atoms with van der Waals surface area (Å²) < 4.78 is 0. The lowest BCUT2D eigenvalue weighted by atomic mass is 10.1. The van der Waals surface area contributed by atoms with Gasteiger partial charge < -0.3 is 16.0 Å². The normalized spacial score (nSPS) is 10.9. The number of rotatable bonds is 5. The zero-order chi connectivity index (χ0) is 13.6. The molecule has 0 radical (unpaired) electrons. The van der Waals surface area contributed by atoms with E-state index in [2.05, 4.69) is 25.9 Å². The van der Waals surface area contributed by atoms with Crippen molar-refractivity contribution in [3.05, 3.63) is 12.3 Å². The average Bonchev–Trinajstić information content (AvgIpc) is 2.27. The first-order chi connectivity index (χ1) is 8.40. The molecule has 1 rings (SSSR count). The van der Waals surface area contributed by atoms with Gasteiger partial charge in [-0.1, -0.05) is 0 Å². The molecule has 0 atom stereocenters. The third kappa shape index (κ3) is 5.47. The average molecular weight is 251 g/mol. The number of nitrogens with zero attached hydrogens (tertiary/aromatic N) is 2. The Balaban J connectivity index is 2.35. The van der Waals surface area contributed by atoms with Crippen LogP contribution in [0.25, 0.3) is 0 Å². The van der Waals surface area contributed by atoms with Gasteiger partial charge in [-0.15, -0.1) is 0 Å². The summed E-state index contributed by atoms with van der Waals surface area (Å²) in [5.74, 6) is 1.29. The Morgan fingerprint density at radius 2 is 2.11 bits per heavy atom. The Morgan fingerprint density at radius 3 is 2.72 bits per heavy atom. The molecule has 1 aromatic heterocycles. The van der Waals surface area contributed by atoms with Crippen molar-refractivity contribution in [3.8, 4) is 0 Å². The molecule has 0 fully saturated rings. The van der Waals surface area contributed by atoms with Gasteiger partial charge in [0.1, 0.15) is 5.82 Å². The maximum Gasteiger partial charge on any atom is 0.224 e. The third-order valence-electron chi connectivity index (χ3n) is 2.05. The second kappa shape index (κ2) is 6.18. The summed E-state index contributed by atoms with van der Waals surface area (Å²) in [6.45, 7) is 6.42. The topological polar surface area (TPSA) is 78.9 Å². The van der Waals surface area contributed by atoms with E-state index in [1.165, 1.54) is 0 Å². The van der Waals surface area contributed by atoms with Crippen molar-refractivity contribution in [1.29, 1.82) is 0 Å². The summed E-state index contributed by atoms with van der Waals surface area (Å²) in [7, 11) is 1.76. The van der Waals surface area contributed by atoms with Gasteiger partial charge in [0.25, 0.3) is 0 Å². The summed E-state index contributed by atoms with van der Waals surface area (Å²) in [5.41, 5.74) is -0.189. The van der Waals surface area contributed by atoms with Crippen LogP contribution in [0, 0.1) is 0 Å². The zero-order valence-electron chi connectivity index (χ0n) is 11.4. The Labute approximate surface area is 108 Å². The van der Waals surface area contributed by atoms with Crippen molar-refractivity contribution in [1.82, 2.24) is 15.3 Å². The fourth-order valence-corrected chi connectivity index (χ4v) is 1.36. The fraction of sp³-hybridized carbons (Fsp3) is 0.583. The van der Waals surface area contributed by atoms with E-state index in [1.54, 1.807) is 19.3 Å². The van der Waals surface area contributed by atoms with Gasteiger partial charge in [0, 0.05) is 31.7 Å². The summed E-state index contributed by atoms with van der Waals surface area (Å²) in [6, 6.07) is 1.77. The highest BCUT2D eigenvalue weighted by atomic mass is 16.1. The Morgan fingerprint density at radius 1 is 1.39 bits per heavy atom. The number of carbonyl (C=O) groups is 1. The van der Waals surface area contributed by atoms with Crippen molar-refractivity contribution < 1.29 is 4.79 Å². The van der Waals surface area contributed by atoms with E-state index >= 15 is 0 Å². The number of anilines is 2. The van der Waals surface area contributed by atoms with E-state index in [9.17, 15) is 4.79 Å². The Kier molecular flexibility index (Phi) is 4.88. The van der Waals surface area contributed by atoms with Crippen molar-refractivity contribution in [3.63, 3.8) is 0 Å². The van der Waals surface area contributed by atoms with Crippen LogP contribution in [0.4, 0.5) is 11.8 Å². The lowest BCUT2D eigenvalue weighted by molar-refractivity contribution is -0.122. The molecule has 100 valence electrons. The molecule has 0 aliphatic carbocycles. The maximum atomic E-state index is 11.6. The summed E-state index contributed by atoms with van der Waals surface area (Å²) >= 11 is 0. The molecule has 0 aliphatic heterocycles. The van der Waals surface area contributed by atoms with Gasteiger partial charge in [0.15, 0.2) is 0 Å².